The van der Waals surface area contributed by atoms with Gasteiger partial charge in [0.15, 0.2) is 0 Å². The lowest BCUT2D eigenvalue weighted by atomic mass is 10.0. The van der Waals surface area contributed by atoms with Gasteiger partial charge in [0.1, 0.15) is 0 Å². The molecular weight excluding hydrogens is 200 g/mol. The van der Waals surface area contributed by atoms with Gasteiger partial charge < -0.3 is 22.9 Å². The Bertz CT molecular complexity index is 535. The predicted octanol–water partition coefficient (Wildman–Crippen LogP) is 1.68. The monoisotopic (exact) mass is 214 g/mol. The zero-order chi connectivity index (χ0) is 11.7. The van der Waals surface area contributed by atoms with Gasteiger partial charge in [0.25, 0.3) is 0 Å². The molecule has 0 amide bonds. The molecule has 0 saturated carbocycles. The van der Waals surface area contributed by atoms with Gasteiger partial charge in [-0.15, -0.1) is 0 Å². The van der Waals surface area contributed by atoms with Gasteiger partial charge in [-0.25, -0.2) is 0 Å². The Hall–Kier alpha value is -2.36. The third-order valence-corrected chi connectivity index (χ3v) is 2.47. The molecule has 0 radical (unpaired) electrons. The minimum atomic E-state index is 0.550. The highest BCUT2D eigenvalue weighted by Gasteiger charge is 2.04. The van der Waals surface area contributed by atoms with Crippen LogP contribution in [0, 0.1) is 0 Å². The third-order valence-electron chi connectivity index (χ3n) is 2.47. The van der Waals surface area contributed by atoms with Crippen molar-refractivity contribution < 1.29 is 0 Å². The number of nitrogens with two attached hydrogens (primary N) is 4. The van der Waals surface area contributed by atoms with E-state index in [-0.39, 0.29) is 0 Å². The molecule has 4 heteroatoms. The van der Waals surface area contributed by atoms with Gasteiger partial charge in [-0.3, -0.25) is 0 Å². The van der Waals surface area contributed by atoms with Crippen molar-refractivity contribution in [3.8, 4) is 11.1 Å². The normalized spacial score (nSPS) is 10.2. The molecule has 0 fully saturated rings. The molecule has 2 aromatic carbocycles. The Kier molecular flexibility index (Phi) is 2.32. The molecule has 16 heavy (non-hydrogen) atoms. The molecule has 4 nitrogen and oxygen atoms in total. The summed E-state index contributed by atoms with van der Waals surface area (Å²) >= 11 is 0. The summed E-state index contributed by atoms with van der Waals surface area (Å²) in [7, 11) is 0. The van der Waals surface area contributed by atoms with Crippen LogP contribution in [0.4, 0.5) is 22.7 Å². The van der Waals surface area contributed by atoms with Crippen molar-refractivity contribution >= 4 is 22.7 Å². The van der Waals surface area contributed by atoms with Crippen molar-refractivity contribution in [1.82, 2.24) is 0 Å². The Morgan fingerprint density at radius 2 is 1.38 bits per heavy atom. The van der Waals surface area contributed by atoms with Crippen molar-refractivity contribution in [1.29, 1.82) is 0 Å². The highest BCUT2D eigenvalue weighted by Crippen LogP contribution is 2.30. The van der Waals surface area contributed by atoms with E-state index in [1.807, 2.05) is 12.1 Å². The first kappa shape index (κ1) is 10.2. The number of hydrogen-bond acceptors (Lipinski definition) is 4. The van der Waals surface area contributed by atoms with Crippen molar-refractivity contribution in [2.24, 2.45) is 0 Å². The highest BCUT2D eigenvalue weighted by atomic mass is 14.7. The molecule has 2 rings (SSSR count). The lowest BCUT2D eigenvalue weighted by Crippen LogP contribution is -1.96. The van der Waals surface area contributed by atoms with E-state index in [1.165, 1.54) is 0 Å². The number of anilines is 4. The van der Waals surface area contributed by atoms with Crippen LogP contribution in [-0.2, 0) is 0 Å². The summed E-state index contributed by atoms with van der Waals surface area (Å²) in [6, 6.07) is 10.8. The van der Waals surface area contributed by atoms with Gasteiger partial charge in [0, 0.05) is 16.9 Å². The molecule has 0 aromatic heterocycles. The van der Waals surface area contributed by atoms with E-state index in [9.17, 15) is 0 Å². The summed E-state index contributed by atoms with van der Waals surface area (Å²) < 4.78 is 0. The summed E-state index contributed by atoms with van der Waals surface area (Å²) in [6.45, 7) is 0. The van der Waals surface area contributed by atoms with Crippen LogP contribution in [0.15, 0.2) is 36.4 Å². The largest absolute Gasteiger partial charge is 0.399 e. The fraction of sp³-hybridized carbons (Fsp3) is 0. The number of benzene rings is 2. The summed E-state index contributed by atoms with van der Waals surface area (Å²) in [6.07, 6.45) is 0. The maximum Gasteiger partial charge on any atom is 0.0554 e. The second kappa shape index (κ2) is 3.66. The van der Waals surface area contributed by atoms with Crippen LogP contribution in [0.1, 0.15) is 0 Å². The minimum Gasteiger partial charge on any atom is -0.399 e. The van der Waals surface area contributed by atoms with Crippen LogP contribution in [0.3, 0.4) is 0 Å². The average molecular weight is 214 g/mol. The highest BCUT2D eigenvalue weighted by molar-refractivity contribution is 5.82. The predicted molar refractivity (Wildman–Crippen MR) is 69.5 cm³/mol. The minimum absolute atomic E-state index is 0.550. The maximum absolute atomic E-state index is 5.89. The van der Waals surface area contributed by atoms with E-state index in [1.54, 1.807) is 24.3 Å². The fourth-order valence-electron chi connectivity index (χ4n) is 1.59. The molecule has 2 aromatic rings. The Balaban J connectivity index is 2.54. The second-order valence-corrected chi connectivity index (χ2v) is 3.69. The second-order valence-electron chi connectivity index (χ2n) is 3.69. The smallest absolute Gasteiger partial charge is 0.0554 e. The van der Waals surface area contributed by atoms with Crippen LogP contribution in [0.5, 0.6) is 0 Å². The van der Waals surface area contributed by atoms with Gasteiger partial charge in [-0.1, -0.05) is 12.1 Å². The van der Waals surface area contributed by atoms with Crippen molar-refractivity contribution in [3.63, 3.8) is 0 Å². The van der Waals surface area contributed by atoms with Gasteiger partial charge in [-0.2, -0.15) is 0 Å². The molecule has 0 aliphatic rings. The standard InChI is InChI=1S/C12H14N4/c13-8-2-3-9(11(15)6-8)7-1-4-10(14)12(16)5-7/h1-6H,13-16H2. The van der Waals surface area contributed by atoms with E-state index in [2.05, 4.69) is 0 Å². The fourth-order valence-corrected chi connectivity index (χ4v) is 1.59. The molecule has 0 aliphatic heterocycles. The maximum atomic E-state index is 5.89. The third kappa shape index (κ3) is 1.72. The topological polar surface area (TPSA) is 104 Å². The van der Waals surface area contributed by atoms with Crippen molar-refractivity contribution in [3.05, 3.63) is 36.4 Å². The summed E-state index contributed by atoms with van der Waals surface area (Å²) in [5.41, 5.74) is 27.2. The lowest BCUT2D eigenvalue weighted by Gasteiger charge is -2.08. The number of rotatable bonds is 1. The molecule has 0 heterocycles. The van der Waals surface area contributed by atoms with E-state index in [0.29, 0.717) is 22.7 Å². The van der Waals surface area contributed by atoms with Gasteiger partial charge in [0.05, 0.1) is 11.4 Å². The Morgan fingerprint density at radius 1 is 0.625 bits per heavy atom. The zero-order valence-corrected chi connectivity index (χ0v) is 8.77. The van der Waals surface area contributed by atoms with Crippen LogP contribution in [-0.4, -0.2) is 0 Å². The van der Waals surface area contributed by atoms with E-state index >= 15 is 0 Å². The number of hydrogen-bond donors (Lipinski definition) is 4. The van der Waals surface area contributed by atoms with E-state index in [4.69, 9.17) is 22.9 Å². The summed E-state index contributed by atoms with van der Waals surface area (Å²) in [4.78, 5) is 0. The van der Waals surface area contributed by atoms with Crippen molar-refractivity contribution in [2.45, 2.75) is 0 Å². The van der Waals surface area contributed by atoms with Gasteiger partial charge in [0.2, 0.25) is 0 Å². The van der Waals surface area contributed by atoms with E-state index < -0.39 is 0 Å². The van der Waals surface area contributed by atoms with Crippen LogP contribution in [0.2, 0.25) is 0 Å². The van der Waals surface area contributed by atoms with Gasteiger partial charge in [-0.05, 0) is 29.8 Å². The zero-order valence-electron chi connectivity index (χ0n) is 8.77. The molecule has 8 N–H and O–H groups in total. The first-order valence-corrected chi connectivity index (χ1v) is 4.88. The first-order chi connectivity index (χ1) is 7.58. The number of nitrogen functional groups attached to an aromatic ring is 4. The summed E-state index contributed by atoms with van der Waals surface area (Å²) in [5.74, 6) is 0. The molecular formula is C12H14N4. The lowest BCUT2D eigenvalue weighted by molar-refractivity contribution is 1.59. The average Bonchev–Trinajstić information content (AvgIpc) is 2.22. The quantitative estimate of drug-likeness (QED) is 0.542. The Labute approximate surface area is 93.8 Å². The molecule has 0 saturated heterocycles. The molecule has 0 spiro atoms. The Morgan fingerprint density at radius 3 is 2.00 bits per heavy atom. The van der Waals surface area contributed by atoms with Crippen molar-refractivity contribution in [2.75, 3.05) is 22.9 Å². The summed E-state index contributed by atoms with van der Waals surface area (Å²) in [5, 5.41) is 0. The van der Waals surface area contributed by atoms with Gasteiger partial charge >= 0.3 is 0 Å². The molecule has 0 unspecified atom stereocenters. The SMILES string of the molecule is Nc1ccc(-c2ccc(N)c(N)c2)c(N)c1. The van der Waals surface area contributed by atoms with Crippen LogP contribution >= 0.6 is 0 Å². The molecule has 82 valence electrons. The molecule has 0 atom stereocenters. The molecule has 0 bridgehead atoms. The van der Waals surface area contributed by atoms with Crippen LogP contribution in [0.25, 0.3) is 11.1 Å². The van der Waals surface area contributed by atoms with Crippen LogP contribution < -0.4 is 22.9 Å². The first-order valence-electron chi connectivity index (χ1n) is 4.88. The molecule has 0 aliphatic carbocycles. The van der Waals surface area contributed by atoms with E-state index in [0.717, 1.165) is 11.1 Å².